The third kappa shape index (κ3) is 3.06. The molecule has 1 atom stereocenters. The van der Waals surface area contributed by atoms with Crippen molar-refractivity contribution in [3.05, 3.63) is 18.0 Å². The van der Waals surface area contributed by atoms with Crippen LogP contribution < -0.4 is 5.32 Å². The zero-order chi connectivity index (χ0) is 12.5. The van der Waals surface area contributed by atoms with Crippen molar-refractivity contribution in [3.8, 4) is 0 Å². The summed E-state index contributed by atoms with van der Waals surface area (Å²) in [4.78, 5) is 12.0. The molecule has 1 aromatic heterocycles. The summed E-state index contributed by atoms with van der Waals surface area (Å²) in [6.07, 6.45) is 1.76. The number of ether oxygens (including phenoxy) is 1. The molecule has 1 aliphatic rings. The van der Waals surface area contributed by atoms with E-state index in [9.17, 15) is 4.79 Å². The highest BCUT2D eigenvalue weighted by atomic mass is 16.6. The van der Waals surface area contributed by atoms with Crippen molar-refractivity contribution < 1.29 is 9.53 Å². The van der Waals surface area contributed by atoms with Gasteiger partial charge in [-0.15, -0.1) is 0 Å². The van der Waals surface area contributed by atoms with Crippen molar-refractivity contribution in [1.82, 2.24) is 15.1 Å². The number of rotatable bonds is 1. The minimum Gasteiger partial charge on any atom is -0.460 e. The Bertz CT molecular complexity index is 406. The molecule has 5 nitrogen and oxygen atoms in total. The van der Waals surface area contributed by atoms with E-state index in [0.717, 1.165) is 12.2 Å². The molecule has 0 spiro atoms. The summed E-state index contributed by atoms with van der Waals surface area (Å²) < 4.78 is 7.27. The molecular formula is C12H19N3O2. The second-order valence-corrected chi connectivity index (χ2v) is 5.37. The van der Waals surface area contributed by atoms with Crippen LogP contribution in [0.2, 0.25) is 0 Å². The van der Waals surface area contributed by atoms with Crippen molar-refractivity contribution in [1.29, 1.82) is 0 Å². The standard InChI is InChI=1S/C12H19N3O2/c1-12(2,3)17-11(16)9-6-13-7-10-4-5-14-15(10)8-9/h4-5,9,13H,6-8H2,1-3H3. The molecule has 0 aromatic carbocycles. The lowest BCUT2D eigenvalue weighted by Gasteiger charge is -2.23. The summed E-state index contributed by atoms with van der Waals surface area (Å²) in [6.45, 7) is 7.62. The van der Waals surface area contributed by atoms with Gasteiger partial charge in [0.25, 0.3) is 0 Å². The predicted octanol–water partition coefficient (Wildman–Crippen LogP) is 0.944. The Hall–Kier alpha value is -1.36. The molecule has 94 valence electrons. The third-order valence-electron chi connectivity index (χ3n) is 2.63. The Morgan fingerprint density at radius 3 is 3.06 bits per heavy atom. The molecule has 5 heteroatoms. The number of carbonyl (C=O) groups is 1. The van der Waals surface area contributed by atoms with E-state index in [1.54, 1.807) is 6.20 Å². The first-order chi connectivity index (χ1) is 7.96. The van der Waals surface area contributed by atoms with E-state index in [2.05, 4.69) is 10.4 Å². The smallest absolute Gasteiger partial charge is 0.312 e. The van der Waals surface area contributed by atoms with Crippen LogP contribution in [0.1, 0.15) is 26.5 Å². The van der Waals surface area contributed by atoms with Crippen LogP contribution in [0, 0.1) is 5.92 Å². The molecule has 1 unspecified atom stereocenters. The van der Waals surface area contributed by atoms with E-state index in [0.29, 0.717) is 13.1 Å². The van der Waals surface area contributed by atoms with Crippen molar-refractivity contribution in [2.45, 2.75) is 39.5 Å². The van der Waals surface area contributed by atoms with Gasteiger partial charge in [0.1, 0.15) is 5.60 Å². The molecule has 1 N–H and O–H groups in total. The fourth-order valence-corrected chi connectivity index (χ4v) is 1.87. The van der Waals surface area contributed by atoms with Gasteiger partial charge in [-0.25, -0.2) is 0 Å². The fourth-order valence-electron chi connectivity index (χ4n) is 1.87. The molecule has 0 amide bonds. The maximum Gasteiger partial charge on any atom is 0.312 e. The number of nitrogens with zero attached hydrogens (tertiary/aromatic N) is 2. The lowest BCUT2D eigenvalue weighted by Crippen LogP contribution is -2.34. The van der Waals surface area contributed by atoms with Crippen LogP contribution >= 0.6 is 0 Å². The Morgan fingerprint density at radius 1 is 1.59 bits per heavy atom. The van der Waals surface area contributed by atoms with Crippen molar-refractivity contribution in [2.75, 3.05) is 6.54 Å². The van der Waals surface area contributed by atoms with Gasteiger partial charge in [-0.1, -0.05) is 0 Å². The molecule has 1 aromatic rings. The summed E-state index contributed by atoms with van der Waals surface area (Å²) in [5.74, 6) is -0.330. The van der Waals surface area contributed by atoms with E-state index >= 15 is 0 Å². The van der Waals surface area contributed by atoms with Gasteiger partial charge in [0.15, 0.2) is 0 Å². The molecule has 2 heterocycles. The van der Waals surface area contributed by atoms with Crippen LogP contribution in [0.5, 0.6) is 0 Å². The molecule has 0 fully saturated rings. The summed E-state index contributed by atoms with van der Waals surface area (Å²) in [6, 6.07) is 1.96. The van der Waals surface area contributed by atoms with Gasteiger partial charge in [0, 0.05) is 19.3 Å². The zero-order valence-corrected chi connectivity index (χ0v) is 10.6. The number of hydrogen-bond donors (Lipinski definition) is 1. The number of fused-ring (bicyclic) bond motifs is 1. The fraction of sp³-hybridized carbons (Fsp3) is 0.667. The lowest BCUT2D eigenvalue weighted by molar-refractivity contribution is -0.160. The van der Waals surface area contributed by atoms with Crippen LogP contribution in [0.4, 0.5) is 0 Å². The van der Waals surface area contributed by atoms with Crippen molar-refractivity contribution >= 4 is 5.97 Å². The number of nitrogens with one attached hydrogen (secondary N) is 1. The van der Waals surface area contributed by atoms with Crippen LogP contribution in [-0.2, 0) is 22.6 Å². The average Bonchev–Trinajstić information content (AvgIpc) is 2.53. The molecular weight excluding hydrogens is 218 g/mol. The maximum absolute atomic E-state index is 12.0. The summed E-state index contributed by atoms with van der Waals surface area (Å²) in [5.41, 5.74) is 0.673. The monoisotopic (exact) mass is 237 g/mol. The lowest BCUT2D eigenvalue weighted by atomic mass is 10.1. The Kier molecular flexibility index (Phi) is 3.19. The predicted molar refractivity (Wildman–Crippen MR) is 63.3 cm³/mol. The van der Waals surface area contributed by atoms with E-state index < -0.39 is 5.60 Å². The van der Waals surface area contributed by atoms with E-state index in [1.165, 1.54) is 0 Å². The Labute approximate surface area is 101 Å². The van der Waals surface area contributed by atoms with E-state index in [1.807, 2.05) is 31.5 Å². The normalized spacial score (nSPS) is 20.5. The van der Waals surface area contributed by atoms with Gasteiger partial charge >= 0.3 is 5.97 Å². The quantitative estimate of drug-likeness (QED) is 0.739. The Balaban J connectivity index is 2.06. The second kappa shape index (κ2) is 4.49. The van der Waals surface area contributed by atoms with E-state index in [4.69, 9.17) is 4.74 Å². The van der Waals surface area contributed by atoms with Gasteiger partial charge in [-0.2, -0.15) is 5.10 Å². The van der Waals surface area contributed by atoms with Gasteiger partial charge in [0.2, 0.25) is 0 Å². The highest BCUT2D eigenvalue weighted by Gasteiger charge is 2.27. The molecule has 0 saturated carbocycles. The van der Waals surface area contributed by atoms with Crippen molar-refractivity contribution in [2.24, 2.45) is 5.92 Å². The molecule has 17 heavy (non-hydrogen) atoms. The summed E-state index contributed by atoms with van der Waals surface area (Å²) in [7, 11) is 0. The highest BCUT2D eigenvalue weighted by molar-refractivity contribution is 5.73. The van der Waals surface area contributed by atoms with Crippen molar-refractivity contribution in [3.63, 3.8) is 0 Å². The summed E-state index contributed by atoms with van der Waals surface area (Å²) in [5, 5.41) is 7.46. The largest absolute Gasteiger partial charge is 0.460 e. The number of carbonyl (C=O) groups excluding carboxylic acids is 1. The number of aromatic nitrogens is 2. The molecule has 1 aliphatic heterocycles. The average molecular weight is 237 g/mol. The molecule has 0 saturated heterocycles. The highest BCUT2D eigenvalue weighted by Crippen LogP contribution is 2.15. The SMILES string of the molecule is CC(C)(C)OC(=O)C1CNCc2ccnn2C1. The van der Waals surface area contributed by atoms with E-state index in [-0.39, 0.29) is 11.9 Å². The molecule has 0 aliphatic carbocycles. The third-order valence-corrected chi connectivity index (χ3v) is 2.63. The van der Waals surface area contributed by atoms with Gasteiger partial charge < -0.3 is 10.1 Å². The molecule has 2 rings (SSSR count). The first-order valence-electron chi connectivity index (χ1n) is 5.90. The van der Waals surface area contributed by atoms with Gasteiger partial charge in [0.05, 0.1) is 18.2 Å². The maximum atomic E-state index is 12.0. The Morgan fingerprint density at radius 2 is 2.35 bits per heavy atom. The van der Waals surface area contributed by atoms with Crippen LogP contribution in [0.15, 0.2) is 12.3 Å². The summed E-state index contributed by atoms with van der Waals surface area (Å²) >= 11 is 0. The first-order valence-corrected chi connectivity index (χ1v) is 5.90. The van der Waals surface area contributed by atoms with Crippen LogP contribution in [0.3, 0.4) is 0 Å². The minimum absolute atomic E-state index is 0.159. The first kappa shape index (κ1) is 12.1. The zero-order valence-electron chi connectivity index (χ0n) is 10.6. The van der Waals surface area contributed by atoms with Crippen LogP contribution in [0.25, 0.3) is 0 Å². The second-order valence-electron chi connectivity index (χ2n) is 5.37. The van der Waals surface area contributed by atoms with Gasteiger partial charge in [-0.3, -0.25) is 9.48 Å². The van der Waals surface area contributed by atoms with Gasteiger partial charge in [-0.05, 0) is 26.8 Å². The van der Waals surface area contributed by atoms with Crippen LogP contribution in [-0.4, -0.2) is 27.9 Å². The minimum atomic E-state index is -0.434. The molecule has 0 radical (unpaired) electrons. The molecule has 0 bridgehead atoms. The number of esters is 1. The number of hydrogen-bond acceptors (Lipinski definition) is 4. The topological polar surface area (TPSA) is 56.1 Å².